The van der Waals surface area contributed by atoms with Gasteiger partial charge in [-0.1, -0.05) is 23.7 Å². The number of aromatic amines is 1. The van der Waals surface area contributed by atoms with E-state index < -0.39 is 4.92 Å². The molecule has 2 aromatic heterocycles. The smallest absolute Gasteiger partial charge is 0.280 e. The molecule has 1 N–H and O–H groups in total. The lowest BCUT2D eigenvalue weighted by atomic mass is 10.1. The first-order chi connectivity index (χ1) is 16.0. The van der Waals surface area contributed by atoms with Crippen molar-refractivity contribution in [3.05, 3.63) is 103 Å². The summed E-state index contributed by atoms with van der Waals surface area (Å²) >= 11 is 5.95. The number of hydrogen-bond donors (Lipinski definition) is 1. The van der Waals surface area contributed by atoms with Crippen LogP contribution in [0.25, 0.3) is 22.7 Å². The Kier molecular flexibility index (Phi) is 5.53. The Hall–Kier alpha value is -3.75. The highest BCUT2D eigenvalue weighted by atomic mass is 35.5. The number of benzene rings is 2. The summed E-state index contributed by atoms with van der Waals surface area (Å²) in [6.07, 6.45) is 0.636. The second kappa shape index (κ2) is 8.65. The monoisotopic (exact) mass is 462 g/mol. The number of nitro groups is 1. The van der Waals surface area contributed by atoms with Crippen LogP contribution in [0.5, 0.6) is 0 Å². The van der Waals surface area contributed by atoms with Crippen LogP contribution in [0.15, 0.2) is 69.9 Å². The Morgan fingerprint density at radius 3 is 2.70 bits per heavy atom. The zero-order valence-corrected chi connectivity index (χ0v) is 18.2. The average Bonchev–Trinajstić information content (AvgIpc) is 3.28. The van der Waals surface area contributed by atoms with Crippen molar-refractivity contribution in [1.82, 2.24) is 14.9 Å². The predicted octanol–water partition coefficient (Wildman–Crippen LogP) is 4.82. The standard InChI is InChI=1S/C24H19ClN4O4/c25-16-7-5-15(6-8-16)23-26-20-11-12-28(14-19(20)24(30)27-23)13-17-9-10-22(33-17)18-3-1-2-4-21(18)29(31)32/h1-10H,11-14H2,(H,26,27,30). The molecule has 4 aromatic rings. The fourth-order valence-electron chi connectivity index (χ4n) is 4.03. The maximum absolute atomic E-state index is 12.8. The summed E-state index contributed by atoms with van der Waals surface area (Å²) in [6.45, 7) is 1.64. The third-order valence-corrected chi connectivity index (χ3v) is 5.92. The third-order valence-electron chi connectivity index (χ3n) is 5.67. The Bertz CT molecular complexity index is 1390. The van der Waals surface area contributed by atoms with Crippen molar-refractivity contribution < 1.29 is 9.34 Å². The predicted molar refractivity (Wildman–Crippen MR) is 124 cm³/mol. The molecule has 0 spiro atoms. The third kappa shape index (κ3) is 4.30. The van der Waals surface area contributed by atoms with Crippen molar-refractivity contribution in [1.29, 1.82) is 0 Å². The summed E-state index contributed by atoms with van der Waals surface area (Å²) in [4.78, 5) is 33.3. The highest BCUT2D eigenvalue weighted by Gasteiger charge is 2.23. The number of nitrogens with zero attached hydrogens (tertiary/aromatic N) is 3. The van der Waals surface area contributed by atoms with Crippen molar-refractivity contribution in [2.75, 3.05) is 6.54 Å². The largest absolute Gasteiger partial charge is 0.459 e. The van der Waals surface area contributed by atoms with Gasteiger partial charge < -0.3 is 9.40 Å². The number of H-pyrrole nitrogens is 1. The topological polar surface area (TPSA) is 105 Å². The quantitative estimate of drug-likeness (QED) is 0.337. The van der Waals surface area contributed by atoms with Crippen LogP contribution in [0.3, 0.4) is 0 Å². The number of furan rings is 1. The second-order valence-corrected chi connectivity index (χ2v) is 8.28. The van der Waals surface area contributed by atoms with Gasteiger partial charge in [0.15, 0.2) is 0 Å². The van der Waals surface area contributed by atoms with Gasteiger partial charge in [0.05, 0.1) is 28.3 Å². The van der Waals surface area contributed by atoms with E-state index in [2.05, 4.69) is 14.9 Å². The van der Waals surface area contributed by atoms with E-state index in [1.54, 1.807) is 36.4 Å². The number of nitro benzene ring substituents is 1. The van der Waals surface area contributed by atoms with Gasteiger partial charge in [0.2, 0.25) is 0 Å². The molecule has 3 heterocycles. The summed E-state index contributed by atoms with van der Waals surface area (Å²) in [5, 5.41) is 11.9. The number of aromatic nitrogens is 2. The Labute approximate surface area is 193 Å². The second-order valence-electron chi connectivity index (χ2n) is 7.85. The van der Waals surface area contributed by atoms with Crippen LogP contribution in [0, 0.1) is 10.1 Å². The van der Waals surface area contributed by atoms with Gasteiger partial charge >= 0.3 is 0 Å². The molecule has 1 aliphatic rings. The summed E-state index contributed by atoms with van der Waals surface area (Å²) < 4.78 is 5.91. The van der Waals surface area contributed by atoms with E-state index in [1.807, 2.05) is 18.2 Å². The molecule has 9 heteroatoms. The lowest BCUT2D eigenvalue weighted by molar-refractivity contribution is -0.384. The Morgan fingerprint density at radius 1 is 1.12 bits per heavy atom. The molecule has 0 aliphatic carbocycles. The summed E-state index contributed by atoms with van der Waals surface area (Å²) in [5.41, 5.74) is 2.52. The summed E-state index contributed by atoms with van der Waals surface area (Å²) in [5.74, 6) is 1.65. The molecule has 8 nitrogen and oxygen atoms in total. The van der Waals surface area contributed by atoms with Crippen LogP contribution < -0.4 is 5.56 Å². The molecule has 2 aromatic carbocycles. The van der Waals surface area contributed by atoms with E-state index in [9.17, 15) is 14.9 Å². The number of nitrogens with one attached hydrogen (secondary N) is 1. The van der Waals surface area contributed by atoms with Crippen molar-refractivity contribution in [2.45, 2.75) is 19.5 Å². The highest BCUT2D eigenvalue weighted by Crippen LogP contribution is 2.31. The molecule has 33 heavy (non-hydrogen) atoms. The van der Waals surface area contributed by atoms with Gasteiger partial charge in [-0.15, -0.1) is 0 Å². The zero-order valence-electron chi connectivity index (χ0n) is 17.5. The van der Waals surface area contributed by atoms with E-state index in [0.29, 0.717) is 59.5 Å². The van der Waals surface area contributed by atoms with Gasteiger partial charge in [-0.25, -0.2) is 4.98 Å². The van der Waals surface area contributed by atoms with E-state index in [4.69, 9.17) is 16.0 Å². The number of hydrogen-bond acceptors (Lipinski definition) is 6. The van der Waals surface area contributed by atoms with Gasteiger partial charge in [0, 0.05) is 36.2 Å². The van der Waals surface area contributed by atoms with Crippen LogP contribution in [-0.2, 0) is 19.5 Å². The van der Waals surface area contributed by atoms with E-state index in [0.717, 1.165) is 11.3 Å². The molecule has 1 aliphatic heterocycles. The van der Waals surface area contributed by atoms with Crippen LogP contribution >= 0.6 is 11.6 Å². The minimum Gasteiger partial charge on any atom is -0.459 e. The molecule has 0 bridgehead atoms. The number of fused-ring (bicyclic) bond motifs is 1. The maximum atomic E-state index is 12.8. The van der Waals surface area contributed by atoms with Crippen LogP contribution in [0.1, 0.15) is 17.0 Å². The van der Waals surface area contributed by atoms with E-state index >= 15 is 0 Å². The molecular formula is C24H19ClN4O4. The molecule has 0 amide bonds. The zero-order chi connectivity index (χ0) is 22.9. The number of rotatable bonds is 5. The molecule has 0 saturated carbocycles. The van der Waals surface area contributed by atoms with Gasteiger partial charge in [0.1, 0.15) is 17.3 Å². The van der Waals surface area contributed by atoms with Crippen molar-refractivity contribution in [2.24, 2.45) is 0 Å². The van der Waals surface area contributed by atoms with Crippen molar-refractivity contribution in [3.63, 3.8) is 0 Å². The lowest BCUT2D eigenvalue weighted by Gasteiger charge is -2.26. The van der Waals surface area contributed by atoms with Crippen LogP contribution in [0.4, 0.5) is 5.69 Å². The summed E-state index contributed by atoms with van der Waals surface area (Å²) in [7, 11) is 0. The minimum absolute atomic E-state index is 0.000556. The Balaban J connectivity index is 1.34. The first-order valence-corrected chi connectivity index (χ1v) is 10.8. The van der Waals surface area contributed by atoms with Gasteiger partial charge in [0.25, 0.3) is 11.2 Å². The van der Waals surface area contributed by atoms with E-state index in [1.165, 1.54) is 6.07 Å². The van der Waals surface area contributed by atoms with Gasteiger partial charge in [-0.3, -0.25) is 19.8 Å². The molecule has 0 radical (unpaired) electrons. The molecule has 0 atom stereocenters. The van der Waals surface area contributed by atoms with E-state index in [-0.39, 0.29) is 11.2 Å². The maximum Gasteiger partial charge on any atom is 0.280 e. The molecule has 166 valence electrons. The SMILES string of the molecule is O=c1[nH]c(-c2ccc(Cl)cc2)nc2c1CN(Cc1ccc(-c3ccccc3[N+](=O)[O-])o1)CC2. The molecule has 0 fully saturated rings. The van der Waals surface area contributed by atoms with Crippen molar-refractivity contribution >= 4 is 17.3 Å². The molecule has 0 saturated heterocycles. The van der Waals surface area contributed by atoms with Crippen LogP contribution in [-0.4, -0.2) is 26.3 Å². The fraction of sp³-hybridized carbons (Fsp3) is 0.167. The fourth-order valence-corrected chi connectivity index (χ4v) is 4.16. The molecule has 5 rings (SSSR count). The van der Waals surface area contributed by atoms with Crippen molar-refractivity contribution in [3.8, 4) is 22.7 Å². The Morgan fingerprint density at radius 2 is 1.91 bits per heavy atom. The lowest BCUT2D eigenvalue weighted by Crippen LogP contribution is -2.35. The minimum atomic E-state index is -0.420. The first kappa shape index (κ1) is 21.1. The molecular weight excluding hydrogens is 444 g/mol. The van der Waals surface area contributed by atoms with Gasteiger partial charge in [-0.2, -0.15) is 0 Å². The van der Waals surface area contributed by atoms with Crippen LogP contribution in [0.2, 0.25) is 5.02 Å². The molecule has 0 unspecified atom stereocenters. The summed E-state index contributed by atoms with van der Waals surface area (Å²) in [6, 6.07) is 17.2. The van der Waals surface area contributed by atoms with Gasteiger partial charge in [-0.05, 0) is 42.5 Å². The highest BCUT2D eigenvalue weighted by molar-refractivity contribution is 6.30. The normalized spacial score (nSPS) is 13.6. The number of halogens is 1. The first-order valence-electron chi connectivity index (χ1n) is 10.4. The average molecular weight is 463 g/mol. The number of para-hydroxylation sites is 1.